The fourth-order valence-electron chi connectivity index (χ4n) is 1.85. The largest absolute Gasteiger partial charge is 0.545 e. The van der Waals surface area contributed by atoms with Crippen molar-refractivity contribution in [1.29, 1.82) is 0 Å². The molecule has 1 aromatic carbocycles. The second-order valence-electron chi connectivity index (χ2n) is 4.24. The molecular formula is C13H14NO5S-. The molecule has 1 aliphatic rings. The molecule has 108 valence electrons. The molecule has 0 atom stereocenters. The summed E-state index contributed by atoms with van der Waals surface area (Å²) in [5.41, 5.74) is 0.593. The molecule has 1 saturated heterocycles. The molecule has 0 spiro atoms. The molecule has 0 amide bonds. The Morgan fingerprint density at radius 2 is 1.80 bits per heavy atom. The van der Waals surface area contributed by atoms with Crippen molar-refractivity contribution < 1.29 is 23.1 Å². The molecule has 0 N–H and O–H groups in total. The number of carboxylic acids is 1. The third kappa shape index (κ3) is 3.44. The zero-order chi connectivity index (χ0) is 14.6. The van der Waals surface area contributed by atoms with Gasteiger partial charge in [0.25, 0.3) is 0 Å². The van der Waals surface area contributed by atoms with Gasteiger partial charge in [0.1, 0.15) is 0 Å². The minimum Gasteiger partial charge on any atom is -0.545 e. The number of ether oxygens (including phenoxy) is 1. The lowest BCUT2D eigenvalue weighted by Gasteiger charge is -2.26. The van der Waals surface area contributed by atoms with Crippen LogP contribution in [0.5, 0.6) is 0 Å². The van der Waals surface area contributed by atoms with Crippen molar-refractivity contribution >= 4 is 22.1 Å². The van der Waals surface area contributed by atoms with E-state index in [-0.39, 0.29) is 4.90 Å². The third-order valence-electron chi connectivity index (χ3n) is 2.90. The maximum Gasteiger partial charge on any atom is 0.243 e. The molecule has 0 aromatic heterocycles. The highest BCUT2D eigenvalue weighted by molar-refractivity contribution is 7.89. The van der Waals surface area contributed by atoms with Gasteiger partial charge in [-0.3, -0.25) is 0 Å². The summed E-state index contributed by atoms with van der Waals surface area (Å²) in [5, 5.41) is 10.3. The molecular weight excluding hydrogens is 282 g/mol. The fraction of sp³-hybridized carbons (Fsp3) is 0.308. The zero-order valence-corrected chi connectivity index (χ0v) is 11.5. The van der Waals surface area contributed by atoms with Crippen LogP contribution in [0.2, 0.25) is 0 Å². The van der Waals surface area contributed by atoms with Crippen LogP contribution in [0.3, 0.4) is 0 Å². The lowest BCUT2D eigenvalue weighted by atomic mass is 10.2. The van der Waals surface area contributed by atoms with E-state index in [1.165, 1.54) is 22.5 Å². The van der Waals surface area contributed by atoms with Crippen LogP contribution in [0.4, 0.5) is 0 Å². The van der Waals surface area contributed by atoms with Gasteiger partial charge in [-0.25, -0.2) is 8.42 Å². The monoisotopic (exact) mass is 296 g/mol. The second-order valence-corrected chi connectivity index (χ2v) is 6.18. The summed E-state index contributed by atoms with van der Waals surface area (Å²) < 4.78 is 31.1. The van der Waals surface area contributed by atoms with Crippen molar-refractivity contribution in [1.82, 2.24) is 4.31 Å². The van der Waals surface area contributed by atoms with Gasteiger partial charge in [0.15, 0.2) is 0 Å². The normalized spacial score (nSPS) is 17.4. The number of aliphatic carboxylic acids is 1. The van der Waals surface area contributed by atoms with Crippen LogP contribution in [0, 0.1) is 0 Å². The van der Waals surface area contributed by atoms with Crippen LogP contribution in [0.1, 0.15) is 5.56 Å². The van der Waals surface area contributed by atoms with Crippen LogP contribution in [0.25, 0.3) is 6.08 Å². The predicted octanol–water partition coefficient (Wildman–Crippen LogP) is -0.529. The molecule has 1 aromatic rings. The number of hydrogen-bond donors (Lipinski definition) is 0. The number of hydrogen-bond acceptors (Lipinski definition) is 5. The first-order valence-electron chi connectivity index (χ1n) is 6.07. The highest BCUT2D eigenvalue weighted by Gasteiger charge is 2.25. The molecule has 6 nitrogen and oxygen atoms in total. The average molecular weight is 296 g/mol. The standard InChI is InChI=1S/C13H15NO5S/c15-13(16)6-3-11-1-4-12(5-2-11)20(17,18)14-7-9-19-10-8-14/h1-6H,7-10H2,(H,15,16)/p-1/b6-3+. The minimum atomic E-state index is -3.51. The first kappa shape index (κ1) is 14.7. The highest BCUT2D eigenvalue weighted by Crippen LogP contribution is 2.18. The van der Waals surface area contributed by atoms with Gasteiger partial charge in [0.05, 0.1) is 24.1 Å². The Morgan fingerprint density at radius 1 is 1.20 bits per heavy atom. The lowest BCUT2D eigenvalue weighted by molar-refractivity contribution is -0.297. The summed E-state index contributed by atoms with van der Waals surface area (Å²) in [6, 6.07) is 6.01. The number of sulfonamides is 1. The van der Waals surface area contributed by atoms with E-state index >= 15 is 0 Å². The first-order chi connectivity index (χ1) is 9.50. The Hall–Kier alpha value is -1.70. The first-order valence-corrected chi connectivity index (χ1v) is 7.51. The molecule has 0 unspecified atom stereocenters. The van der Waals surface area contributed by atoms with Crippen molar-refractivity contribution in [3.05, 3.63) is 35.9 Å². The van der Waals surface area contributed by atoms with Gasteiger partial charge in [-0.2, -0.15) is 4.31 Å². The summed E-state index contributed by atoms with van der Waals surface area (Å²) in [5.74, 6) is -1.30. The quantitative estimate of drug-likeness (QED) is 0.697. The van der Waals surface area contributed by atoms with Gasteiger partial charge in [0.2, 0.25) is 10.0 Å². The number of morpholine rings is 1. The molecule has 2 rings (SSSR count). The fourth-order valence-corrected chi connectivity index (χ4v) is 3.26. The topological polar surface area (TPSA) is 86.7 Å². The van der Waals surface area contributed by atoms with E-state index in [4.69, 9.17) is 4.74 Å². The third-order valence-corrected chi connectivity index (χ3v) is 4.81. The van der Waals surface area contributed by atoms with Crippen molar-refractivity contribution in [2.45, 2.75) is 4.90 Å². The Bertz CT molecular complexity index is 600. The molecule has 0 bridgehead atoms. The number of rotatable bonds is 4. The number of benzene rings is 1. The summed E-state index contributed by atoms with van der Waals surface area (Å²) in [6.45, 7) is 1.47. The number of carbonyl (C=O) groups excluding carboxylic acids is 1. The van der Waals surface area contributed by atoms with E-state index in [2.05, 4.69) is 0 Å². The molecule has 0 aliphatic carbocycles. The Kier molecular flexibility index (Phi) is 4.53. The Morgan fingerprint density at radius 3 is 2.35 bits per heavy atom. The smallest absolute Gasteiger partial charge is 0.243 e. The van der Waals surface area contributed by atoms with Crippen molar-refractivity contribution in [2.75, 3.05) is 26.3 Å². The minimum absolute atomic E-state index is 0.185. The van der Waals surface area contributed by atoms with E-state index in [9.17, 15) is 18.3 Å². The van der Waals surface area contributed by atoms with Crippen LogP contribution < -0.4 is 5.11 Å². The lowest BCUT2D eigenvalue weighted by Crippen LogP contribution is -2.40. The van der Waals surface area contributed by atoms with Crippen LogP contribution in [-0.4, -0.2) is 45.0 Å². The molecule has 1 fully saturated rings. The van der Waals surface area contributed by atoms with Gasteiger partial charge in [-0.15, -0.1) is 0 Å². The molecule has 1 aliphatic heterocycles. The van der Waals surface area contributed by atoms with Gasteiger partial charge < -0.3 is 14.6 Å². The molecule has 0 radical (unpaired) electrons. The van der Waals surface area contributed by atoms with Gasteiger partial charge in [0, 0.05) is 13.1 Å². The van der Waals surface area contributed by atoms with E-state index in [0.29, 0.717) is 31.9 Å². The van der Waals surface area contributed by atoms with Crippen molar-refractivity contribution in [3.8, 4) is 0 Å². The van der Waals surface area contributed by atoms with Crippen molar-refractivity contribution in [3.63, 3.8) is 0 Å². The maximum atomic E-state index is 12.3. The van der Waals surface area contributed by atoms with E-state index in [1.54, 1.807) is 12.1 Å². The van der Waals surface area contributed by atoms with E-state index in [1.807, 2.05) is 0 Å². The SMILES string of the molecule is O=C([O-])/C=C/c1ccc(S(=O)(=O)N2CCOCC2)cc1. The number of carbonyl (C=O) groups is 1. The van der Waals surface area contributed by atoms with Crippen LogP contribution in [0.15, 0.2) is 35.2 Å². The number of carboxylic acid groups (broad SMARTS) is 1. The predicted molar refractivity (Wildman–Crippen MR) is 70.1 cm³/mol. The average Bonchev–Trinajstić information content (AvgIpc) is 2.46. The second kappa shape index (κ2) is 6.17. The van der Waals surface area contributed by atoms with Crippen LogP contribution >= 0.6 is 0 Å². The number of nitrogens with zero attached hydrogens (tertiary/aromatic N) is 1. The Balaban J connectivity index is 2.18. The maximum absolute atomic E-state index is 12.3. The van der Waals surface area contributed by atoms with Crippen LogP contribution in [-0.2, 0) is 19.6 Å². The molecule has 1 heterocycles. The molecule has 7 heteroatoms. The van der Waals surface area contributed by atoms with E-state index < -0.39 is 16.0 Å². The summed E-state index contributed by atoms with van der Waals surface area (Å²) in [6.07, 6.45) is 2.24. The van der Waals surface area contributed by atoms with Gasteiger partial charge in [-0.05, 0) is 23.8 Å². The summed E-state index contributed by atoms with van der Waals surface area (Å²) in [4.78, 5) is 10.5. The van der Waals surface area contributed by atoms with Crippen molar-refractivity contribution in [2.24, 2.45) is 0 Å². The summed E-state index contributed by atoms with van der Waals surface area (Å²) in [7, 11) is -3.51. The zero-order valence-electron chi connectivity index (χ0n) is 10.7. The van der Waals surface area contributed by atoms with E-state index in [0.717, 1.165) is 6.08 Å². The highest BCUT2D eigenvalue weighted by atomic mass is 32.2. The van der Waals surface area contributed by atoms with Gasteiger partial charge in [-0.1, -0.05) is 18.2 Å². The molecule has 20 heavy (non-hydrogen) atoms. The van der Waals surface area contributed by atoms with Gasteiger partial charge >= 0.3 is 0 Å². The summed E-state index contributed by atoms with van der Waals surface area (Å²) >= 11 is 0. The molecule has 0 saturated carbocycles. The Labute approximate surface area is 117 Å².